The van der Waals surface area contributed by atoms with Gasteiger partial charge in [0.05, 0.1) is 17.7 Å². The van der Waals surface area contributed by atoms with Gasteiger partial charge in [0.1, 0.15) is 18.3 Å². The van der Waals surface area contributed by atoms with Gasteiger partial charge in [-0.1, -0.05) is 55.3 Å². The van der Waals surface area contributed by atoms with Crippen LogP contribution in [-0.2, 0) is 26.2 Å². The van der Waals surface area contributed by atoms with Gasteiger partial charge in [0.25, 0.3) is 10.0 Å². The van der Waals surface area contributed by atoms with Crippen molar-refractivity contribution in [3.05, 3.63) is 90.0 Å². The Kier molecular flexibility index (Phi) is 9.47. The molecule has 1 aliphatic carbocycles. The van der Waals surface area contributed by atoms with Crippen molar-refractivity contribution in [1.82, 2.24) is 10.2 Å². The lowest BCUT2D eigenvalue weighted by Crippen LogP contribution is -2.52. The van der Waals surface area contributed by atoms with Gasteiger partial charge in [-0.3, -0.25) is 13.9 Å². The number of hydrogen-bond donors (Lipinski definition) is 1. The van der Waals surface area contributed by atoms with Crippen molar-refractivity contribution in [3.63, 3.8) is 0 Å². The van der Waals surface area contributed by atoms with Crippen LogP contribution in [0.15, 0.2) is 83.8 Å². The van der Waals surface area contributed by atoms with Crippen molar-refractivity contribution in [1.29, 1.82) is 0 Å². The maximum absolute atomic E-state index is 14.0. The molecule has 0 bridgehead atoms. The highest BCUT2D eigenvalue weighted by atomic mass is 32.2. The van der Waals surface area contributed by atoms with Crippen LogP contribution in [0.5, 0.6) is 5.75 Å². The number of aryl methyl sites for hydroxylation is 1. The predicted octanol–water partition coefficient (Wildman–Crippen LogP) is 4.68. The summed E-state index contributed by atoms with van der Waals surface area (Å²) in [5.74, 6) is -0.158. The third kappa shape index (κ3) is 6.83. The zero-order valence-corrected chi connectivity index (χ0v) is 24.1. The number of methoxy groups -OCH3 is 1. The summed E-state index contributed by atoms with van der Waals surface area (Å²) in [6.07, 6.45) is 3.98. The molecular formula is C31H37N3O5S. The van der Waals surface area contributed by atoms with Crippen LogP contribution >= 0.6 is 0 Å². The number of nitrogens with zero attached hydrogens (tertiary/aromatic N) is 2. The van der Waals surface area contributed by atoms with E-state index in [-0.39, 0.29) is 23.4 Å². The minimum atomic E-state index is -4.10. The second kappa shape index (κ2) is 13.0. The Labute approximate surface area is 237 Å². The molecule has 40 heavy (non-hydrogen) atoms. The van der Waals surface area contributed by atoms with E-state index >= 15 is 0 Å². The molecule has 1 fully saturated rings. The maximum atomic E-state index is 14.0. The van der Waals surface area contributed by atoms with E-state index in [2.05, 4.69) is 5.32 Å². The van der Waals surface area contributed by atoms with Gasteiger partial charge in [0, 0.05) is 12.6 Å². The monoisotopic (exact) mass is 563 g/mol. The highest BCUT2D eigenvalue weighted by Crippen LogP contribution is 2.27. The molecule has 0 saturated heterocycles. The molecule has 212 valence electrons. The number of anilines is 1. The molecule has 1 saturated carbocycles. The van der Waals surface area contributed by atoms with Gasteiger partial charge < -0.3 is 15.0 Å². The van der Waals surface area contributed by atoms with Crippen molar-refractivity contribution >= 4 is 27.5 Å². The fourth-order valence-corrected chi connectivity index (χ4v) is 6.38. The van der Waals surface area contributed by atoms with Crippen LogP contribution in [0.1, 0.15) is 43.7 Å². The Hall–Kier alpha value is -3.85. The number of rotatable bonds is 11. The van der Waals surface area contributed by atoms with E-state index in [0.29, 0.717) is 11.4 Å². The summed E-state index contributed by atoms with van der Waals surface area (Å²) < 4.78 is 34.0. The normalized spacial score (nSPS) is 14.4. The highest BCUT2D eigenvalue weighted by Gasteiger charge is 2.33. The molecule has 1 N–H and O–H groups in total. The van der Waals surface area contributed by atoms with E-state index in [9.17, 15) is 18.0 Å². The smallest absolute Gasteiger partial charge is 0.264 e. The Morgan fingerprint density at radius 1 is 0.950 bits per heavy atom. The fourth-order valence-electron chi connectivity index (χ4n) is 4.94. The lowest BCUT2D eigenvalue weighted by Gasteiger charge is -2.32. The van der Waals surface area contributed by atoms with Crippen molar-refractivity contribution in [2.24, 2.45) is 0 Å². The van der Waals surface area contributed by atoms with Gasteiger partial charge in [-0.15, -0.1) is 0 Å². The van der Waals surface area contributed by atoms with Gasteiger partial charge in [0.15, 0.2) is 0 Å². The van der Waals surface area contributed by atoms with Crippen LogP contribution < -0.4 is 14.4 Å². The molecule has 0 heterocycles. The lowest BCUT2D eigenvalue weighted by molar-refractivity contribution is -0.139. The van der Waals surface area contributed by atoms with Crippen molar-refractivity contribution < 1.29 is 22.7 Å². The first-order chi connectivity index (χ1) is 19.2. The number of carbonyl (C=O) groups is 2. The van der Waals surface area contributed by atoms with Crippen LogP contribution in [0.4, 0.5) is 5.69 Å². The standard InChI is InChI=1S/C31H37N3O5S/c1-23-11-7-8-12-25(23)21-33(24(2)31(36)32-26-13-9-10-14-26)30(35)22-34(27-17-19-28(39-3)20-18-27)40(37,38)29-15-5-4-6-16-29/h4-8,11-12,15-20,24,26H,9-10,13-14,21-22H2,1-3H3,(H,32,36). The first-order valence-corrected chi connectivity index (χ1v) is 15.0. The molecule has 2 amide bonds. The largest absolute Gasteiger partial charge is 0.497 e. The van der Waals surface area contributed by atoms with Crippen LogP contribution in [0, 0.1) is 6.92 Å². The minimum Gasteiger partial charge on any atom is -0.497 e. The third-order valence-electron chi connectivity index (χ3n) is 7.44. The Bertz CT molecular complexity index is 1400. The van der Waals surface area contributed by atoms with Crippen molar-refractivity contribution in [3.8, 4) is 5.75 Å². The number of amides is 2. The second-order valence-electron chi connectivity index (χ2n) is 10.1. The average Bonchev–Trinajstić information content (AvgIpc) is 3.48. The highest BCUT2D eigenvalue weighted by molar-refractivity contribution is 7.92. The number of carbonyl (C=O) groups excluding carboxylic acids is 2. The van der Waals surface area contributed by atoms with Gasteiger partial charge in [-0.05, 0) is 74.2 Å². The molecule has 0 aromatic heterocycles. The number of nitrogens with one attached hydrogen (secondary N) is 1. The number of hydrogen-bond acceptors (Lipinski definition) is 5. The molecule has 8 nitrogen and oxygen atoms in total. The number of benzene rings is 3. The summed E-state index contributed by atoms with van der Waals surface area (Å²) in [5, 5.41) is 3.09. The van der Waals surface area contributed by atoms with E-state index in [1.54, 1.807) is 49.4 Å². The zero-order valence-electron chi connectivity index (χ0n) is 23.2. The van der Waals surface area contributed by atoms with E-state index in [1.807, 2.05) is 31.2 Å². The van der Waals surface area contributed by atoms with E-state index < -0.39 is 28.5 Å². The maximum Gasteiger partial charge on any atom is 0.264 e. The summed E-state index contributed by atoms with van der Waals surface area (Å²) in [5.41, 5.74) is 2.18. The van der Waals surface area contributed by atoms with Gasteiger partial charge >= 0.3 is 0 Å². The van der Waals surface area contributed by atoms with Gasteiger partial charge in [-0.2, -0.15) is 0 Å². The molecule has 1 unspecified atom stereocenters. The molecule has 0 aliphatic heterocycles. The molecule has 1 atom stereocenters. The Balaban J connectivity index is 1.68. The van der Waals surface area contributed by atoms with Crippen LogP contribution in [-0.4, -0.2) is 50.9 Å². The molecule has 3 aromatic rings. The molecule has 0 spiro atoms. The van der Waals surface area contributed by atoms with Crippen molar-refractivity contribution in [2.75, 3.05) is 18.0 Å². The summed E-state index contributed by atoms with van der Waals surface area (Å²) in [6.45, 7) is 3.34. The second-order valence-corrected chi connectivity index (χ2v) is 12.0. The number of ether oxygens (including phenoxy) is 1. The first kappa shape index (κ1) is 29.1. The summed E-state index contributed by atoms with van der Waals surface area (Å²) >= 11 is 0. The van der Waals surface area contributed by atoms with Gasteiger partial charge in [0.2, 0.25) is 11.8 Å². The topological polar surface area (TPSA) is 96.0 Å². The molecular weight excluding hydrogens is 526 g/mol. The van der Waals surface area contributed by atoms with E-state index in [0.717, 1.165) is 41.1 Å². The molecule has 9 heteroatoms. The SMILES string of the molecule is COc1ccc(N(CC(=O)N(Cc2ccccc2C)C(C)C(=O)NC2CCCC2)S(=O)(=O)c2ccccc2)cc1. The summed E-state index contributed by atoms with van der Waals surface area (Å²) in [7, 11) is -2.58. The first-order valence-electron chi connectivity index (χ1n) is 13.6. The molecule has 3 aromatic carbocycles. The third-order valence-corrected chi connectivity index (χ3v) is 9.23. The Morgan fingerprint density at radius 3 is 2.20 bits per heavy atom. The average molecular weight is 564 g/mol. The van der Waals surface area contributed by atoms with Crippen LogP contribution in [0.3, 0.4) is 0 Å². The zero-order chi connectivity index (χ0) is 28.7. The molecule has 1 aliphatic rings. The fraction of sp³-hybridized carbons (Fsp3) is 0.355. The quantitative estimate of drug-likeness (QED) is 0.366. The van der Waals surface area contributed by atoms with Gasteiger partial charge in [-0.25, -0.2) is 8.42 Å². The van der Waals surface area contributed by atoms with Crippen LogP contribution in [0.25, 0.3) is 0 Å². The van der Waals surface area contributed by atoms with Crippen LogP contribution in [0.2, 0.25) is 0 Å². The predicted molar refractivity (Wildman–Crippen MR) is 156 cm³/mol. The lowest BCUT2D eigenvalue weighted by atomic mass is 10.1. The summed E-state index contributed by atoms with van der Waals surface area (Å²) in [4.78, 5) is 28.9. The molecule has 4 rings (SSSR count). The minimum absolute atomic E-state index is 0.0658. The van der Waals surface area contributed by atoms with E-state index in [1.165, 1.54) is 24.1 Å². The number of sulfonamides is 1. The summed E-state index contributed by atoms with van der Waals surface area (Å²) in [6, 6.07) is 21.5. The van der Waals surface area contributed by atoms with E-state index in [4.69, 9.17) is 4.74 Å². The molecule has 0 radical (unpaired) electrons. The Morgan fingerprint density at radius 2 is 1.57 bits per heavy atom. The van der Waals surface area contributed by atoms with Crippen molar-refractivity contribution in [2.45, 2.75) is 63.1 Å².